The smallest absolute Gasteiger partial charge is 0.239 e. The van der Waals surface area contributed by atoms with Gasteiger partial charge in [-0.2, -0.15) is 0 Å². The molecule has 21 heavy (non-hydrogen) atoms. The highest BCUT2D eigenvalue weighted by molar-refractivity contribution is 6.37. The molecule has 4 nitrogen and oxygen atoms in total. The molecule has 0 aliphatic heterocycles. The summed E-state index contributed by atoms with van der Waals surface area (Å²) in [6.45, 7) is 6.05. The number of aromatic nitrogens is 2. The van der Waals surface area contributed by atoms with Gasteiger partial charge in [-0.25, -0.2) is 0 Å². The average molecular weight is 347 g/mol. The molecule has 2 N–H and O–H groups in total. The molecule has 2 aromatic rings. The number of nitrogens with two attached hydrogens (primary N) is 1. The van der Waals surface area contributed by atoms with Gasteiger partial charge in [0.2, 0.25) is 5.88 Å². The van der Waals surface area contributed by atoms with E-state index in [4.69, 9.17) is 45.3 Å². The molecule has 1 aromatic carbocycles. The lowest BCUT2D eigenvalue weighted by Gasteiger charge is -2.20. The van der Waals surface area contributed by atoms with E-state index in [1.54, 1.807) is 18.2 Å². The molecule has 0 spiro atoms. The largest absolute Gasteiger partial charge is 0.434 e. The van der Waals surface area contributed by atoms with Crippen LogP contribution in [0.1, 0.15) is 26.3 Å². The van der Waals surface area contributed by atoms with Crippen molar-refractivity contribution in [1.29, 1.82) is 0 Å². The third-order valence-electron chi connectivity index (χ3n) is 2.76. The highest BCUT2D eigenvalue weighted by atomic mass is 35.5. The molecule has 0 amide bonds. The molecule has 1 aromatic heterocycles. The lowest BCUT2D eigenvalue weighted by atomic mass is 9.88. The average Bonchev–Trinajstić information content (AvgIpc) is 2.34. The molecule has 1 heterocycles. The second-order valence-electron chi connectivity index (χ2n) is 5.55. The van der Waals surface area contributed by atoms with E-state index in [9.17, 15) is 0 Å². The van der Waals surface area contributed by atoms with Crippen LogP contribution in [0.3, 0.4) is 0 Å². The number of rotatable bonds is 2. The normalized spacial score (nSPS) is 11.5. The zero-order valence-electron chi connectivity index (χ0n) is 11.7. The van der Waals surface area contributed by atoms with E-state index in [0.29, 0.717) is 20.9 Å². The van der Waals surface area contributed by atoms with Gasteiger partial charge in [0.15, 0.2) is 10.9 Å². The first kappa shape index (κ1) is 16.1. The van der Waals surface area contributed by atoms with E-state index < -0.39 is 0 Å². The van der Waals surface area contributed by atoms with Crippen LogP contribution in [0, 0.1) is 0 Å². The van der Waals surface area contributed by atoms with E-state index >= 15 is 0 Å². The van der Waals surface area contributed by atoms with E-state index in [0.717, 1.165) is 5.56 Å². The van der Waals surface area contributed by atoms with E-state index in [1.807, 2.05) is 20.8 Å². The van der Waals surface area contributed by atoms with Gasteiger partial charge in [-0.15, -0.1) is 10.2 Å². The molecule has 7 heteroatoms. The van der Waals surface area contributed by atoms with Gasteiger partial charge in [0, 0.05) is 17.3 Å². The fourth-order valence-corrected chi connectivity index (χ4v) is 2.67. The Morgan fingerprint density at radius 1 is 1.00 bits per heavy atom. The van der Waals surface area contributed by atoms with Gasteiger partial charge in [-0.05, 0) is 17.5 Å². The molecule has 0 fully saturated rings. The first-order chi connectivity index (χ1) is 9.68. The third-order valence-corrected chi connectivity index (χ3v) is 3.60. The predicted molar refractivity (Wildman–Crippen MR) is 86.7 cm³/mol. The van der Waals surface area contributed by atoms with Gasteiger partial charge in [0.1, 0.15) is 0 Å². The zero-order valence-corrected chi connectivity index (χ0v) is 14.0. The molecule has 0 unspecified atom stereocenters. The highest BCUT2D eigenvalue weighted by Crippen LogP contribution is 2.38. The van der Waals surface area contributed by atoms with Gasteiger partial charge in [-0.3, -0.25) is 0 Å². The second kappa shape index (κ2) is 5.87. The Bertz CT molecular complexity index is 661. The number of nitrogen functional groups attached to an aromatic ring is 1. The van der Waals surface area contributed by atoms with Gasteiger partial charge in [-0.1, -0.05) is 55.6 Å². The number of anilines is 1. The number of ether oxygens (including phenoxy) is 1. The third kappa shape index (κ3) is 3.70. The van der Waals surface area contributed by atoms with Gasteiger partial charge in [0.05, 0.1) is 10.0 Å². The first-order valence-corrected chi connectivity index (χ1v) is 7.28. The van der Waals surface area contributed by atoms with Crippen molar-refractivity contribution in [3.63, 3.8) is 0 Å². The molecule has 112 valence electrons. The summed E-state index contributed by atoms with van der Waals surface area (Å²) in [4.78, 5) is 0. The minimum Gasteiger partial charge on any atom is -0.434 e. The van der Waals surface area contributed by atoms with Crippen LogP contribution < -0.4 is 10.5 Å². The van der Waals surface area contributed by atoms with E-state index in [-0.39, 0.29) is 17.0 Å². The highest BCUT2D eigenvalue weighted by Gasteiger charge is 2.21. The topological polar surface area (TPSA) is 61.0 Å². The van der Waals surface area contributed by atoms with Crippen LogP contribution in [0.5, 0.6) is 11.6 Å². The molecule has 0 saturated carbocycles. The summed E-state index contributed by atoms with van der Waals surface area (Å²) in [5.74, 6) is 0.543. The maximum absolute atomic E-state index is 6.08. The first-order valence-electron chi connectivity index (χ1n) is 6.14. The summed E-state index contributed by atoms with van der Waals surface area (Å²) in [7, 11) is 0. The fourth-order valence-electron chi connectivity index (χ4n) is 1.72. The van der Waals surface area contributed by atoms with Crippen LogP contribution in [0.25, 0.3) is 0 Å². The molecule has 0 aliphatic carbocycles. The van der Waals surface area contributed by atoms with Crippen LogP contribution >= 0.6 is 34.8 Å². The van der Waals surface area contributed by atoms with Crippen molar-refractivity contribution in [3.8, 4) is 11.6 Å². The second-order valence-corrected chi connectivity index (χ2v) is 6.73. The summed E-state index contributed by atoms with van der Waals surface area (Å²) in [6.07, 6.45) is 0. The SMILES string of the molecule is CC(C)(C)c1cc(Oc2c(Cl)cc(N)cc2Cl)nnc1Cl. The Morgan fingerprint density at radius 2 is 1.57 bits per heavy atom. The monoisotopic (exact) mass is 345 g/mol. The molecule has 0 radical (unpaired) electrons. The van der Waals surface area contributed by atoms with Crippen LogP contribution in [0.15, 0.2) is 18.2 Å². The Balaban J connectivity index is 2.42. The zero-order chi connectivity index (χ0) is 15.8. The predicted octanol–water partition coefficient (Wildman–Crippen LogP) is 5.11. The summed E-state index contributed by atoms with van der Waals surface area (Å²) in [6, 6.07) is 4.83. The van der Waals surface area contributed by atoms with Crippen LogP contribution in [0.2, 0.25) is 15.2 Å². The fraction of sp³-hybridized carbons (Fsp3) is 0.286. The molecule has 0 atom stereocenters. The standard InChI is InChI=1S/C14H14Cl3N3O/c1-14(2,3)8-6-11(19-20-13(8)17)21-12-9(15)4-7(18)5-10(12)16/h4-6H,18H2,1-3H3. The van der Waals surface area contributed by atoms with Crippen molar-refractivity contribution in [2.45, 2.75) is 26.2 Å². The minimum absolute atomic E-state index is 0.195. The number of nitrogens with zero attached hydrogens (tertiary/aromatic N) is 2. The van der Waals surface area contributed by atoms with Crippen LogP contribution in [-0.4, -0.2) is 10.2 Å². The van der Waals surface area contributed by atoms with Crippen LogP contribution in [0.4, 0.5) is 5.69 Å². The van der Waals surface area contributed by atoms with Gasteiger partial charge < -0.3 is 10.5 Å². The van der Waals surface area contributed by atoms with Crippen molar-refractivity contribution < 1.29 is 4.74 Å². The molecule has 2 rings (SSSR count). The van der Waals surface area contributed by atoms with Crippen LogP contribution in [-0.2, 0) is 5.41 Å². The van der Waals surface area contributed by atoms with Crippen molar-refractivity contribution >= 4 is 40.5 Å². The van der Waals surface area contributed by atoms with Crippen molar-refractivity contribution in [3.05, 3.63) is 39.0 Å². The van der Waals surface area contributed by atoms with E-state index in [2.05, 4.69) is 10.2 Å². The van der Waals surface area contributed by atoms with Crippen molar-refractivity contribution in [2.24, 2.45) is 0 Å². The quantitative estimate of drug-likeness (QED) is 0.768. The summed E-state index contributed by atoms with van der Waals surface area (Å²) in [5, 5.41) is 8.74. The Labute approximate surface area is 138 Å². The molecule has 0 aliphatic rings. The molecular weight excluding hydrogens is 333 g/mol. The molecule has 0 saturated heterocycles. The maximum atomic E-state index is 6.08. The number of halogens is 3. The van der Waals surface area contributed by atoms with Gasteiger partial charge in [0.25, 0.3) is 0 Å². The van der Waals surface area contributed by atoms with Crippen molar-refractivity contribution in [1.82, 2.24) is 10.2 Å². The number of hydrogen-bond acceptors (Lipinski definition) is 4. The minimum atomic E-state index is -0.195. The molecule has 0 bridgehead atoms. The summed E-state index contributed by atoms with van der Waals surface area (Å²) < 4.78 is 5.63. The Kier molecular flexibility index (Phi) is 4.51. The number of hydrogen-bond donors (Lipinski definition) is 1. The molecular formula is C14H14Cl3N3O. The van der Waals surface area contributed by atoms with E-state index in [1.165, 1.54) is 0 Å². The van der Waals surface area contributed by atoms with Crippen molar-refractivity contribution in [2.75, 3.05) is 5.73 Å². The Morgan fingerprint density at radius 3 is 2.10 bits per heavy atom. The summed E-state index contributed by atoms with van der Waals surface area (Å²) >= 11 is 18.2. The lowest BCUT2D eigenvalue weighted by Crippen LogP contribution is -2.13. The van der Waals surface area contributed by atoms with Gasteiger partial charge >= 0.3 is 0 Å². The maximum Gasteiger partial charge on any atom is 0.239 e. The Hall–Kier alpha value is -1.23. The lowest BCUT2D eigenvalue weighted by molar-refractivity contribution is 0.450. The summed E-state index contributed by atoms with van der Waals surface area (Å²) in [5.41, 5.74) is 6.73. The number of benzene rings is 1.